The van der Waals surface area contributed by atoms with Gasteiger partial charge in [-0.2, -0.15) is 0 Å². The molecule has 23 heavy (non-hydrogen) atoms. The SMILES string of the molecule is COCCN1C(=O)[C@H]2CN(Cc3ccc(Cl)cc3F)C[C@H]2C1=O. The van der Waals surface area contributed by atoms with Gasteiger partial charge in [-0.1, -0.05) is 17.7 Å². The normalized spacial score (nSPS) is 24.6. The number of halogens is 2. The maximum absolute atomic E-state index is 13.9. The summed E-state index contributed by atoms with van der Waals surface area (Å²) in [7, 11) is 1.54. The zero-order valence-electron chi connectivity index (χ0n) is 12.8. The minimum atomic E-state index is -0.367. The first kappa shape index (κ1) is 16.4. The summed E-state index contributed by atoms with van der Waals surface area (Å²) >= 11 is 5.75. The summed E-state index contributed by atoms with van der Waals surface area (Å²) in [6, 6.07) is 4.55. The highest BCUT2D eigenvalue weighted by molar-refractivity contribution is 6.30. The summed E-state index contributed by atoms with van der Waals surface area (Å²) in [5, 5.41) is 0.351. The van der Waals surface area contributed by atoms with E-state index < -0.39 is 0 Å². The maximum atomic E-state index is 13.9. The summed E-state index contributed by atoms with van der Waals surface area (Å²) in [5.41, 5.74) is 0.519. The Hall–Kier alpha value is -1.50. The van der Waals surface area contributed by atoms with E-state index in [0.717, 1.165) is 0 Å². The van der Waals surface area contributed by atoms with Crippen LogP contribution in [0, 0.1) is 17.7 Å². The number of hydrogen-bond donors (Lipinski definition) is 0. The molecule has 0 spiro atoms. The van der Waals surface area contributed by atoms with Crippen molar-refractivity contribution >= 4 is 23.4 Å². The van der Waals surface area contributed by atoms with Crippen LogP contribution in [-0.2, 0) is 20.9 Å². The third kappa shape index (κ3) is 3.11. The molecule has 2 aliphatic rings. The van der Waals surface area contributed by atoms with Crippen molar-refractivity contribution in [3.05, 3.63) is 34.6 Å². The first-order valence-electron chi connectivity index (χ1n) is 7.51. The molecule has 1 aromatic carbocycles. The first-order valence-corrected chi connectivity index (χ1v) is 7.89. The number of fused-ring (bicyclic) bond motifs is 1. The van der Waals surface area contributed by atoms with Crippen LogP contribution < -0.4 is 0 Å². The van der Waals surface area contributed by atoms with Crippen LogP contribution in [0.1, 0.15) is 5.56 Å². The molecule has 5 nitrogen and oxygen atoms in total. The largest absolute Gasteiger partial charge is 0.383 e. The van der Waals surface area contributed by atoms with E-state index in [0.29, 0.717) is 43.4 Å². The van der Waals surface area contributed by atoms with Crippen molar-refractivity contribution in [1.29, 1.82) is 0 Å². The summed E-state index contributed by atoms with van der Waals surface area (Å²) < 4.78 is 18.8. The monoisotopic (exact) mass is 340 g/mol. The minimum absolute atomic E-state index is 0.142. The molecule has 2 atom stereocenters. The minimum Gasteiger partial charge on any atom is -0.383 e. The number of carbonyl (C=O) groups is 2. The molecule has 2 fully saturated rings. The predicted octanol–water partition coefficient (Wildman–Crippen LogP) is 1.54. The molecule has 0 aliphatic carbocycles. The van der Waals surface area contributed by atoms with Crippen LogP contribution in [0.15, 0.2) is 18.2 Å². The Morgan fingerprint density at radius 2 is 1.91 bits per heavy atom. The Morgan fingerprint density at radius 1 is 1.26 bits per heavy atom. The van der Waals surface area contributed by atoms with Crippen LogP contribution in [0.2, 0.25) is 5.02 Å². The van der Waals surface area contributed by atoms with Gasteiger partial charge < -0.3 is 4.74 Å². The van der Waals surface area contributed by atoms with Crippen LogP contribution in [0.4, 0.5) is 4.39 Å². The Morgan fingerprint density at radius 3 is 2.48 bits per heavy atom. The molecule has 2 saturated heterocycles. The Kier molecular flexibility index (Phi) is 4.66. The van der Waals surface area contributed by atoms with Crippen molar-refractivity contribution in [1.82, 2.24) is 9.80 Å². The summed E-state index contributed by atoms with van der Waals surface area (Å²) in [6.07, 6.45) is 0. The number of nitrogens with zero attached hydrogens (tertiary/aromatic N) is 2. The Labute approximate surface area is 138 Å². The van der Waals surface area contributed by atoms with Crippen molar-refractivity contribution in [2.75, 3.05) is 33.4 Å². The van der Waals surface area contributed by atoms with Gasteiger partial charge >= 0.3 is 0 Å². The van der Waals surface area contributed by atoms with Crippen molar-refractivity contribution in [3.63, 3.8) is 0 Å². The number of amides is 2. The number of ether oxygens (including phenoxy) is 1. The van der Waals surface area contributed by atoms with Gasteiger partial charge in [0.05, 0.1) is 25.0 Å². The first-order chi connectivity index (χ1) is 11.0. The average molecular weight is 341 g/mol. The Balaban J connectivity index is 1.66. The zero-order valence-corrected chi connectivity index (χ0v) is 13.6. The molecular weight excluding hydrogens is 323 g/mol. The quantitative estimate of drug-likeness (QED) is 0.763. The van der Waals surface area contributed by atoms with Crippen molar-refractivity contribution in [2.24, 2.45) is 11.8 Å². The molecular formula is C16H18ClFN2O3. The zero-order chi connectivity index (χ0) is 16.6. The van der Waals surface area contributed by atoms with Crippen LogP contribution in [-0.4, -0.2) is 55.0 Å². The lowest BCUT2D eigenvalue weighted by Crippen LogP contribution is -2.37. The second kappa shape index (κ2) is 6.55. The number of hydrogen-bond acceptors (Lipinski definition) is 4. The van der Waals surface area contributed by atoms with E-state index in [9.17, 15) is 14.0 Å². The number of benzene rings is 1. The second-order valence-electron chi connectivity index (χ2n) is 5.96. The van der Waals surface area contributed by atoms with E-state index in [1.54, 1.807) is 12.1 Å². The van der Waals surface area contributed by atoms with E-state index in [-0.39, 0.29) is 29.5 Å². The molecule has 124 valence electrons. The lowest BCUT2D eigenvalue weighted by Gasteiger charge is -2.20. The van der Waals surface area contributed by atoms with E-state index >= 15 is 0 Å². The molecule has 2 amide bonds. The fourth-order valence-electron chi connectivity index (χ4n) is 3.32. The van der Waals surface area contributed by atoms with Gasteiger partial charge in [-0.25, -0.2) is 4.39 Å². The summed E-state index contributed by atoms with van der Waals surface area (Å²) in [6.45, 7) is 1.96. The average Bonchev–Trinajstić information content (AvgIpc) is 3.01. The fraction of sp³-hybridized carbons (Fsp3) is 0.500. The third-order valence-corrected chi connectivity index (χ3v) is 4.73. The number of imide groups is 1. The maximum Gasteiger partial charge on any atom is 0.234 e. The van der Waals surface area contributed by atoms with Crippen molar-refractivity contribution in [2.45, 2.75) is 6.54 Å². The summed E-state index contributed by atoms with van der Waals surface area (Å²) in [4.78, 5) is 27.9. The van der Waals surface area contributed by atoms with E-state index in [4.69, 9.17) is 16.3 Å². The standard InChI is InChI=1S/C16H18ClFN2O3/c1-23-5-4-20-15(21)12-8-19(9-13(12)16(20)22)7-10-2-3-11(17)6-14(10)18/h2-3,6,12-13H,4-5,7-9H2,1H3/t12-,13+. The summed E-state index contributed by atoms with van der Waals surface area (Å²) in [5.74, 6) is -1.30. The van der Waals surface area contributed by atoms with Gasteiger partial charge in [-0.15, -0.1) is 0 Å². The highest BCUT2D eigenvalue weighted by Crippen LogP contribution is 2.34. The van der Waals surface area contributed by atoms with Gasteiger partial charge in [0.15, 0.2) is 0 Å². The lowest BCUT2D eigenvalue weighted by molar-refractivity contribution is -0.141. The van der Waals surface area contributed by atoms with Crippen LogP contribution in [0.5, 0.6) is 0 Å². The topological polar surface area (TPSA) is 49.9 Å². The molecule has 0 radical (unpaired) electrons. The van der Waals surface area contributed by atoms with Crippen LogP contribution in [0.3, 0.4) is 0 Å². The molecule has 1 aromatic rings. The van der Waals surface area contributed by atoms with Gasteiger partial charge in [-0.3, -0.25) is 19.4 Å². The van der Waals surface area contributed by atoms with Gasteiger partial charge in [0.25, 0.3) is 0 Å². The third-order valence-electron chi connectivity index (χ3n) is 4.49. The van der Waals surface area contributed by atoms with Crippen LogP contribution >= 0.6 is 11.6 Å². The highest BCUT2D eigenvalue weighted by Gasteiger charge is 2.51. The van der Waals surface area contributed by atoms with Crippen LogP contribution in [0.25, 0.3) is 0 Å². The van der Waals surface area contributed by atoms with Gasteiger partial charge in [-0.05, 0) is 12.1 Å². The number of carbonyl (C=O) groups excluding carboxylic acids is 2. The molecule has 0 unspecified atom stereocenters. The highest BCUT2D eigenvalue weighted by atomic mass is 35.5. The molecule has 2 heterocycles. The Bertz CT molecular complexity index is 616. The number of likely N-dealkylation sites (tertiary alicyclic amines) is 2. The number of methoxy groups -OCH3 is 1. The number of rotatable bonds is 5. The van der Waals surface area contributed by atoms with E-state index in [2.05, 4.69) is 0 Å². The van der Waals surface area contributed by atoms with Gasteiger partial charge in [0.2, 0.25) is 11.8 Å². The molecule has 0 N–H and O–H groups in total. The van der Waals surface area contributed by atoms with E-state index in [1.807, 2.05) is 4.90 Å². The molecule has 2 aliphatic heterocycles. The van der Waals surface area contributed by atoms with Crippen molar-refractivity contribution < 1.29 is 18.7 Å². The molecule has 0 aromatic heterocycles. The fourth-order valence-corrected chi connectivity index (χ4v) is 3.48. The van der Waals surface area contributed by atoms with Gasteiger partial charge in [0.1, 0.15) is 5.82 Å². The molecule has 0 saturated carbocycles. The van der Waals surface area contributed by atoms with Crippen molar-refractivity contribution in [3.8, 4) is 0 Å². The molecule has 7 heteroatoms. The smallest absolute Gasteiger partial charge is 0.234 e. The molecule has 3 rings (SSSR count). The predicted molar refractivity (Wildman–Crippen MR) is 82.3 cm³/mol. The van der Waals surface area contributed by atoms with E-state index in [1.165, 1.54) is 18.1 Å². The second-order valence-corrected chi connectivity index (χ2v) is 6.40. The molecule has 0 bridgehead atoms. The lowest BCUT2D eigenvalue weighted by atomic mass is 10.00. The van der Waals surface area contributed by atoms with Gasteiger partial charge in [0, 0.05) is 37.3 Å².